The van der Waals surface area contributed by atoms with Crippen LogP contribution in [0.25, 0.3) is 0 Å². The van der Waals surface area contributed by atoms with E-state index in [0.717, 1.165) is 12.5 Å². The molecule has 0 aliphatic heterocycles. The molecule has 0 atom stereocenters. The van der Waals surface area contributed by atoms with E-state index in [2.05, 4.69) is 5.43 Å². The summed E-state index contributed by atoms with van der Waals surface area (Å²) in [6.07, 6.45) is 0. The van der Waals surface area contributed by atoms with Crippen LogP contribution in [0.5, 0.6) is 5.75 Å². The number of rotatable bonds is 4. The third-order valence-electron chi connectivity index (χ3n) is 3.40. The number of sulfonamides is 1. The molecule has 7 nitrogen and oxygen atoms in total. The van der Waals surface area contributed by atoms with E-state index in [9.17, 15) is 18.0 Å². The zero-order valence-electron chi connectivity index (χ0n) is 14.0. The molecule has 0 radical (unpaired) electrons. The number of ether oxygens (including phenoxy) is 1. The summed E-state index contributed by atoms with van der Waals surface area (Å²) in [5, 5.41) is 0. The van der Waals surface area contributed by atoms with E-state index in [1.807, 2.05) is 6.92 Å². The molecular formula is C17H18N2O5S. The standard InChI is InChI=1S/C17H18N2O5S/c1-12-4-10-16(11-5-12)25(22,23)19(13(2)20)18-17(21)14-6-8-15(24-3)9-7-14/h4-11H,1-3H3,(H,18,21). The number of aryl methyl sites for hydroxylation is 1. The number of nitrogens with one attached hydrogen (secondary N) is 1. The maximum Gasteiger partial charge on any atom is 0.284 e. The Bertz CT molecular complexity index is 874. The first-order chi connectivity index (χ1) is 11.8. The van der Waals surface area contributed by atoms with Crippen LogP contribution >= 0.6 is 0 Å². The molecule has 0 unspecified atom stereocenters. The Kier molecular flexibility index (Phi) is 5.43. The van der Waals surface area contributed by atoms with Gasteiger partial charge in [-0.05, 0) is 43.3 Å². The minimum atomic E-state index is -4.21. The third kappa shape index (κ3) is 4.16. The van der Waals surface area contributed by atoms with Crippen molar-refractivity contribution in [2.24, 2.45) is 0 Å². The highest BCUT2D eigenvalue weighted by Gasteiger charge is 2.29. The van der Waals surface area contributed by atoms with Gasteiger partial charge in [-0.2, -0.15) is 8.42 Å². The van der Waals surface area contributed by atoms with Crippen LogP contribution in [0.1, 0.15) is 22.8 Å². The van der Waals surface area contributed by atoms with Gasteiger partial charge in [-0.15, -0.1) is 4.41 Å². The van der Waals surface area contributed by atoms with Crippen molar-refractivity contribution in [3.05, 3.63) is 59.7 Å². The van der Waals surface area contributed by atoms with Gasteiger partial charge in [0.25, 0.3) is 21.8 Å². The third-order valence-corrected chi connectivity index (χ3v) is 5.10. The smallest absolute Gasteiger partial charge is 0.284 e. The molecule has 0 aromatic heterocycles. The maximum absolute atomic E-state index is 12.6. The van der Waals surface area contributed by atoms with E-state index in [4.69, 9.17) is 4.74 Å². The fourth-order valence-electron chi connectivity index (χ4n) is 2.02. The normalized spacial score (nSPS) is 10.8. The minimum absolute atomic E-state index is 0.0941. The summed E-state index contributed by atoms with van der Waals surface area (Å²) < 4.78 is 30.6. The number of benzene rings is 2. The van der Waals surface area contributed by atoms with Crippen molar-refractivity contribution in [3.8, 4) is 5.75 Å². The zero-order chi connectivity index (χ0) is 18.6. The second kappa shape index (κ2) is 7.35. The molecule has 0 aliphatic carbocycles. The van der Waals surface area contributed by atoms with E-state index in [1.54, 1.807) is 24.3 Å². The van der Waals surface area contributed by atoms with E-state index < -0.39 is 21.8 Å². The molecule has 2 amide bonds. The molecule has 25 heavy (non-hydrogen) atoms. The molecule has 2 rings (SSSR count). The van der Waals surface area contributed by atoms with Crippen molar-refractivity contribution in [1.29, 1.82) is 0 Å². The molecule has 0 bridgehead atoms. The summed E-state index contributed by atoms with van der Waals surface area (Å²) in [5.74, 6) is -1.01. The number of amides is 2. The number of hydrogen-bond acceptors (Lipinski definition) is 5. The SMILES string of the molecule is COc1ccc(C(=O)NN(C(C)=O)S(=O)(=O)c2ccc(C)cc2)cc1. The fraction of sp³-hybridized carbons (Fsp3) is 0.176. The molecule has 0 heterocycles. The van der Waals surface area contributed by atoms with Crippen molar-refractivity contribution >= 4 is 21.8 Å². The molecule has 0 aliphatic rings. The average molecular weight is 362 g/mol. The molecule has 2 aromatic carbocycles. The van der Waals surface area contributed by atoms with Gasteiger partial charge in [0.1, 0.15) is 5.75 Å². The lowest BCUT2D eigenvalue weighted by Gasteiger charge is -2.21. The van der Waals surface area contributed by atoms with E-state index in [-0.39, 0.29) is 10.5 Å². The molecule has 0 saturated heterocycles. The van der Waals surface area contributed by atoms with Gasteiger partial charge >= 0.3 is 0 Å². The van der Waals surface area contributed by atoms with Crippen LogP contribution < -0.4 is 10.2 Å². The van der Waals surface area contributed by atoms with Gasteiger partial charge in [-0.25, -0.2) is 5.43 Å². The molecule has 2 aromatic rings. The van der Waals surface area contributed by atoms with E-state index in [0.29, 0.717) is 10.2 Å². The lowest BCUT2D eigenvalue weighted by atomic mass is 10.2. The monoisotopic (exact) mass is 362 g/mol. The van der Waals surface area contributed by atoms with Gasteiger partial charge in [-0.3, -0.25) is 9.59 Å². The van der Waals surface area contributed by atoms with Crippen molar-refractivity contribution in [2.45, 2.75) is 18.7 Å². The Morgan fingerprint density at radius 1 is 1.00 bits per heavy atom. The first-order valence-corrected chi connectivity index (χ1v) is 8.77. The van der Waals surface area contributed by atoms with Crippen molar-refractivity contribution in [1.82, 2.24) is 9.84 Å². The molecule has 0 spiro atoms. The first-order valence-electron chi connectivity index (χ1n) is 7.33. The topological polar surface area (TPSA) is 92.8 Å². The van der Waals surface area contributed by atoms with Crippen LogP contribution in [0.15, 0.2) is 53.4 Å². The van der Waals surface area contributed by atoms with Gasteiger partial charge in [0.05, 0.1) is 12.0 Å². The van der Waals surface area contributed by atoms with Gasteiger partial charge in [-0.1, -0.05) is 17.7 Å². The summed E-state index contributed by atoms with van der Waals surface area (Å²) in [6, 6.07) is 12.0. The molecule has 0 fully saturated rings. The highest BCUT2D eigenvalue weighted by molar-refractivity contribution is 7.89. The molecule has 132 valence electrons. The second-order valence-corrected chi connectivity index (χ2v) is 7.06. The number of nitrogens with zero attached hydrogens (tertiary/aromatic N) is 1. The predicted molar refractivity (Wildman–Crippen MR) is 91.3 cm³/mol. The quantitative estimate of drug-likeness (QED) is 0.839. The highest BCUT2D eigenvalue weighted by atomic mass is 32.2. The Hall–Kier alpha value is -2.87. The number of hydrogen-bond donors (Lipinski definition) is 1. The average Bonchev–Trinajstić information content (AvgIpc) is 2.59. The zero-order valence-corrected chi connectivity index (χ0v) is 14.8. The molecule has 8 heteroatoms. The van der Waals surface area contributed by atoms with E-state index in [1.165, 1.54) is 31.4 Å². The Balaban J connectivity index is 2.29. The Morgan fingerprint density at radius 3 is 2.04 bits per heavy atom. The summed E-state index contributed by atoms with van der Waals surface area (Å²) in [6.45, 7) is 2.87. The first kappa shape index (κ1) is 18.5. The van der Waals surface area contributed by atoms with Crippen molar-refractivity contribution in [3.63, 3.8) is 0 Å². The highest BCUT2D eigenvalue weighted by Crippen LogP contribution is 2.16. The Labute approximate surface area is 146 Å². The lowest BCUT2D eigenvalue weighted by Crippen LogP contribution is -2.48. The van der Waals surface area contributed by atoms with Crippen molar-refractivity contribution < 1.29 is 22.7 Å². The van der Waals surface area contributed by atoms with Crippen LogP contribution in [0.4, 0.5) is 0 Å². The number of carbonyl (C=O) groups is 2. The fourth-order valence-corrected chi connectivity index (χ4v) is 3.26. The summed E-state index contributed by atoms with van der Waals surface area (Å²) in [5.41, 5.74) is 3.20. The minimum Gasteiger partial charge on any atom is -0.497 e. The van der Waals surface area contributed by atoms with Crippen LogP contribution in [-0.2, 0) is 14.8 Å². The lowest BCUT2D eigenvalue weighted by molar-refractivity contribution is -0.125. The number of carbonyl (C=O) groups excluding carboxylic acids is 2. The number of methoxy groups -OCH3 is 1. The molecular weight excluding hydrogens is 344 g/mol. The largest absolute Gasteiger partial charge is 0.497 e. The van der Waals surface area contributed by atoms with Crippen molar-refractivity contribution in [2.75, 3.05) is 7.11 Å². The van der Waals surface area contributed by atoms with Crippen LogP contribution in [-0.4, -0.2) is 31.8 Å². The predicted octanol–water partition coefficient (Wildman–Crippen LogP) is 1.89. The van der Waals surface area contributed by atoms with E-state index >= 15 is 0 Å². The van der Waals surface area contributed by atoms with Gasteiger partial charge in [0, 0.05) is 12.5 Å². The second-order valence-electron chi connectivity index (χ2n) is 5.27. The van der Waals surface area contributed by atoms with Crippen LogP contribution in [0.2, 0.25) is 0 Å². The van der Waals surface area contributed by atoms with Crippen LogP contribution in [0, 0.1) is 6.92 Å². The summed E-state index contributed by atoms with van der Waals surface area (Å²) >= 11 is 0. The maximum atomic E-state index is 12.6. The summed E-state index contributed by atoms with van der Waals surface area (Å²) in [4.78, 5) is 24.0. The molecule has 1 N–H and O–H groups in total. The van der Waals surface area contributed by atoms with Crippen LogP contribution in [0.3, 0.4) is 0 Å². The molecule has 0 saturated carbocycles. The Morgan fingerprint density at radius 2 is 1.56 bits per heavy atom. The van der Waals surface area contributed by atoms with Gasteiger partial charge in [0.15, 0.2) is 0 Å². The van der Waals surface area contributed by atoms with Gasteiger partial charge < -0.3 is 4.74 Å². The number of hydrazine groups is 1. The van der Waals surface area contributed by atoms with Gasteiger partial charge in [0.2, 0.25) is 0 Å². The summed E-state index contributed by atoms with van der Waals surface area (Å²) in [7, 11) is -2.72.